The Hall–Kier alpha value is -4.03. The van der Waals surface area contributed by atoms with E-state index >= 15 is 0 Å². The van der Waals surface area contributed by atoms with Crippen LogP contribution < -0.4 is 10.6 Å². The summed E-state index contributed by atoms with van der Waals surface area (Å²) >= 11 is 0. The molecule has 0 heterocycles. The van der Waals surface area contributed by atoms with Gasteiger partial charge in [-0.25, -0.2) is 4.21 Å². The minimum Gasteiger partial charge on any atom is -0.345 e. The van der Waals surface area contributed by atoms with Gasteiger partial charge in [0, 0.05) is 0 Å². The summed E-state index contributed by atoms with van der Waals surface area (Å²) in [5.74, 6) is -0.648. The zero-order chi connectivity index (χ0) is 25.5. The first kappa shape index (κ1) is 25.1. The van der Waals surface area contributed by atoms with Crippen LogP contribution >= 0.6 is 0 Å². The highest BCUT2D eigenvalue weighted by atomic mass is 32.2. The van der Waals surface area contributed by atoms with Crippen molar-refractivity contribution in [2.75, 3.05) is 0 Å². The molecule has 182 valence electrons. The molecule has 0 radical (unpaired) electrons. The molecule has 0 bridgehead atoms. The van der Waals surface area contributed by atoms with Crippen molar-refractivity contribution in [3.05, 3.63) is 131 Å². The topological polar surface area (TPSA) is 75.3 Å². The van der Waals surface area contributed by atoms with Crippen LogP contribution in [0.25, 0.3) is 0 Å². The lowest BCUT2D eigenvalue weighted by Gasteiger charge is -2.17. The molecule has 6 heteroatoms. The van der Waals surface area contributed by atoms with Gasteiger partial charge in [-0.3, -0.25) is 9.59 Å². The third kappa shape index (κ3) is 5.78. The third-order valence-corrected chi connectivity index (χ3v) is 7.47. The van der Waals surface area contributed by atoms with E-state index in [2.05, 4.69) is 10.6 Å². The highest BCUT2D eigenvalue weighted by Gasteiger charge is 2.23. The summed E-state index contributed by atoms with van der Waals surface area (Å²) in [5, 5.41) is 5.98. The quantitative estimate of drug-likeness (QED) is 0.322. The van der Waals surface area contributed by atoms with Crippen molar-refractivity contribution in [1.82, 2.24) is 10.6 Å². The molecular weight excluding hydrogens is 468 g/mol. The predicted octanol–water partition coefficient (Wildman–Crippen LogP) is 5.84. The van der Waals surface area contributed by atoms with Crippen molar-refractivity contribution in [3.63, 3.8) is 0 Å². The molecule has 36 heavy (non-hydrogen) atoms. The van der Waals surface area contributed by atoms with Crippen LogP contribution in [0.3, 0.4) is 0 Å². The van der Waals surface area contributed by atoms with Crippen molar-refractivity contribution in [2.45, 2.75) is 35.7 Å². The van der Waals surface area contributed by atoms with E-state index in [-0.39, 0.29) is 23.9 Å². The first-order valence-corrected chi connectivity index (χ1v) is 12.9. The molecule has 2 amide bonds. The van der Waals surface area contributed by atoms with Crippen molar-refractivity contribution in [2.24, 2.45) is 0 Å². The fourth-order valence-electron chi connectivity index (χ4n) is 3.95. The van der Waals surface area contributed by atoms with Crippen LogP contribution in [-0.2, 0) is 10.8 Å². The lowest BCUT2D eigenvalue weighted by atomic mass is 10.1. The molecule has 0 aliphatic rings. The van der Waals surface area contributed by atoms with Crippen LogP contribution in [0, 0.1) is 0 Å². The van der Waals surface area contributed by atoms with E-state index in [9.17, 15) is 13.8 Å². The normalized spacial score (nSPS) is 13.3. The molecule has 0 spiro atoms. The van der Waals surface area contributed by atoms with Gasteiger partial charge in [0.2, 0.25) is 0 Å². The summed E-state index contributed by atoms with van der Waals surface area (Å²) < 4.78 is 13.8. The van der Waals surface area contributed by atoms with Gasteiger partial charge in [-0.15, -0.1) is 0 Å². The van der Waals surface area contributed by atoms with Crippen LogP contribution in [0.1, 0.15) is 57.8 Å². The second-order valence-electron chi connectivity index (χ2n) is 8.47. The molecule has 4 aromatic carbocycles. The zero-order valence-electron chi connectivity index (χ0n) is 20.2. The van der Waals surface area contributed by atoms with E-state index in [0.29, 0.717) is 20.9 Å². The number of hydrogen-bond acceptors (Lipinski definition) is 3. The van der Waals surface area contributed by atoms with Crippen molar-refractivity contribution >= 4 is 22.6 Å². The standard InChI is InChI=1S/C30H28N2O3S/c1-21(23-13-5-3-6-14-23)31-29(33)25-17-9-11-19-27(25)36(35)28-20-12-10-18-26(28)30(34)32-22(2)24-15-7-4-8-16-24/h3-22H,1-2H3,(H,31,33)(H,32,34). The maximum atomic E-state index is 13.8. The lowest BCUT2D eigenvalue weighted by Crippen LogP contribution is -2.28. The van der Waals surface area contributed by atoms with Gasteiger partial charge in [0.25, 0.3) is 11.8 Å². The number of nitrogens with one attached hydrogen (secondary N) is 2. The Labute approximate surface area is 214 Å². The summed E-state index contributed by atoms with van der Waals surface area (Å²) in [6.07, 6.45) is 0. The van der Waals surface area contributed by atoms with E-state index < -0.39 is 10.8 Å². The smallest absolute Gasteiger partial charge is 0.252 e. The number of benzene rings is 4. The summed E-state index contributed by atoms with van der Waals surface area (Å²) in [7, 11) is -1.75. The summed E-state index contributed by atoms with van der Waals surface area (Å²) in [6, 6.07) is 32.4. The second-order valence-corrected chi connectivity index (χ2v) is 9.89. The third-order valence-electron chi connectivity index (χ3n) is 5.96. The lowest BCUT2D eigenvalue weighted by molar-refractivity contribution is 0.0929. The van der Waals surface area contributed by atoms with E-state index in [0.717, 1.165) is 11.1 Å². The molecular formula is C30H28N2O3S. The minimum atomic E-state index is -1.75. The Morgan fingerprint density at radius 1 is 0.556 bits per heavy atom. The van der Waals surface area contributed by atoms with Crippen LogP contribution in [0.15, 0.2) is 119 Å². The van der Waals surface area contributed by atoms with E-state index in [1.807, 2.05) is 74.5 Å². The van der Waals surface area contributed by atoms with Crippen LogP contribution in [0.5, 0.6) is 0 Å². The van der Waals surface area contributed by atoms with Crippen LogP contribution in [0.4, 0.5) is 0 Å². The molecule has 4 rings (SSSR count). The predicted molar refractivity (Wildman–Crippen MR) is 142 cm³/mol. The Balaban J connectivity index is 1.58. The number of hydrogen-bond donors (Lipinski definition) is 2. The van der Waals surface area contributed by atoms with Gasteiger partial charge in [-0.2, -0.15) is 0 Å². The first-order chi connectivity index (χ1) is 17.5. The van der Waals surface area contributed by atoms with Gasteiger partial charge in [0.05, 0.1) is 43.8 Å². The SMILES string of the molecule is CC(NC(=O)c1ccccc1S(=O)c1ccccc1C(=O)NC(C)c1ccccc1)c1ccccc1. The Morgan fingerprint density at radius 2 is 0.889 bits per heavy atom. The Kier molecular flexibility index (Phi) is 8.08. The van der Waals surface area contributed by atoms with Gasteiger partial charge in [-0.1, -0.05) is 84.9 Å². The molecule has 0 fully saturated rings. The highest BCUT2D eigenvalue weighted by Crippen LogP contribution is 2.25. The molecule has 0 saturated carbocycles. The Bertz CT molecular complexity index is 1270. The monoisotopic (exact) mass is 496 g/mol. The Morgan fingerprint density at radius 3 is 1.28 bits per heavy atom. The molecule has 2 atom stereocenters. The van der Waals surface area contributed by atoms with Crippen LogP contribution in [-0.4, -0.2) is 16.0 Å². The van der Waals surface area contributed by atoms with Gasteiger partial charge in [-0.05, 0) is 49.2 Å². The number of amides is 2. The summed E-state index contributed by atoms with van der Waals surface area (Å²) in [4.78, 5) is 27.1. The number of carbonyl (C=O) groups is 2. The van der Waals surface area contributed by atoms with Gasteiger partial charge in [0.1, 0.15) is 0 Å². The molecule has 0 aliphatic heterocycles. The fraction of sp³-hybridized carbons (Fsp3) is 0.133. The molecule has 0 aliphatic carbocycles. The van der Waals surface area contributed by atoms with Gasteiger partial charge < -0.3 is 10.6 Å². The fourth-order valence-corrected chi connectivity index (χ4v) is 5.31. The van der Waals surface area contributed by atoms with Gasteiger partial charge in [0.15, 0.2) is 0 Å². The average Bonchev–Trinajstić information content (AvgIpc) is 2.93. The molecule has 5 nitrogen and oxygen atoms in total. The minimum absolute atomic E-state index is 0.224. The molecule has 4 aromatic rings. The zero-order valence-corrected chi connectivity index (χ0v) is 21.0. The van der Waals surface area contributed by atoms with E-state index in [1.165, 1.54) is 0 Å². The second kappa shape index (κ2) is 11.6. The molecule has 2 unspecified atom stereocenters. The average molecular weight is 497 g/mol. The molecule has 0 aromatic heterocycles. The maximum absolute atomic E-state index is 13.8. The van der Waals surface area contributed by atoms with E-state index in [4.69, 9.17) is 0 Å². The molecule has 2 N–H and O–H groups in total. The number of carbonyl (C=O) groups excluding carboxylic acids is 2. The summed E-state index contributed by atoms with van der Waals surface area (Å²) in [6.45, 7) is 3.81. The van der Waals surface area contributed by atoms with Crippen molar-refractivity contribution in [3.8, 4) is 0 Å². The van der Waals surface area contributed by atoms with E-state index in [1.54, 1.807) is 48.5 Å². The molecule has 0 saturated heterocycles. The van der Waals surface area contributed by atoms with Gasteiger partial charge >= 0.3 is 0 Å². The number of rotatable bonds is 8. The largest absolute Gasteiger partial charge is 0.345 e. The van der Waals surface area contributed by atoms with Crippen molar-refractivity contribution in [1.29, 1.82) is 0 Å². The highest BCUT2D eigenvalue weighted by molar-refractivity contribution is 7.85. The van der Waals surface area contributed by atoms with Crippen LogP contribution in [0.2, 0.25) is 0 Å². The first-order valence-electron chi connectivity index (χ1n) is 11.8. The maximum Gasteiger partial charge on any atom is 0.252 e. The van der Waals surface area contributed by atoms with Crippen molar-refractivity contribution < 1.29 is 13.8 Å². The summed E-state index contributed by atoms with van der Waals surface area (Å²) in [5.41, 5.74) is 2.57.